The van der Waals surface area contributed by atoms with Crippen molar-refractivity contribution in [2.75, 3.05) is 19.6 Å². The molecular formula is C14H17FN2O. The van der Waals surface area contributed by atoms with E-state index < -0.39 is 0 Å². The van der Waals surface area contributed by atoms with Gasteiger partial charge in [-0.1, -0.05) is 24.3 Å². The molecule has 0 unspecified atom stereocenters. The fourth-order valence-electron chi connectivity index (χ4n) is 1.94. The van der Waals surface area contributed by atoms with E-state index in [9.17, 15) is 9.18 Å². The zero-order chi connectivity index (χ0) is 13.0. The van der Waals surface area contributed by atoms with Crippen molar-refractivity contribution >= 4 is 5.91 Å². The van der Waals surface area contributed by atoms with Crippen LogP contribution >= 0.6 is 0 Å². The Balaban J connectivity index is 2.08. The van der Waals surface area contributed by atoms with E-state index in [1.165, 1.54) is 6.07 Å². The highest BCUT2D eigenvalue weighted by Crippen LogP contribution is 2.14. The molecule has 18 heavy (non-hydrogen) atoms. The monoisotopic (exact) mass is 248 g/mol. The van der Waals surface area contributed by atoms with Crippen LogP contribution in [0.5, 0.6) is 0 Å². The number of benzene rings is 1. The van der Waals surface area contributed by atoms with Gasteiger partial charge in [-0.3, -0.25) is 4.79 Å². The molecule has 1 aromatic carbocycles. The molecule has 3 nitrogen and oxygen atoms in total. The van der Waals surface area contributed by atoms with Crippen molar-refractivity contribution in [1.29, 1.82) is 0 Å². The number of carbonyl (C=O) groups is 1. The quantitative estimate of drug-likeness (QED) is 0.802. The first-order valence-corrected chi connectivity index (χ1v) is 6.06. The molecule has 0 bridgehead atoms. The van der Waals surface area contributed by atoms with Gasteiger partial charge in [-0.2, -0.15) is 0 Å². The Labute approximate surface area is 106 Å². The highest BCUT2D eigenvalue weighted by molar-refractivity contribution is 5.80. The maximum atomic E-state index is 13.6. The van der Waals surface area contributed by atoms with E-state index in [1.807, 2.05) is 0 Å². The molecule has 1 aromatic rings. The summed E-state index contributed by atoms with van der Waals surface area (Å²) in [5.41, 5.74) is 0.542. The molecule has 0 radical (unpaired) electrons. The average Bonchev–Trinajstić information content (AvgIpc) is 2.29. The summed E-state index contributed by atoms with van der Waals surface area (Å²) in [6.45, 7) is 5.82. The van der Waals surface area contributed by atoms with Crippen LogP contribution in [0.25, 0.3) is 0 Å². The van der Waals surface area contributed by atoms with Crippen molar-refractivity contribution in [2.24, 2.45) is 5.92 Å². The van der Waals surface area contributed by atoms with Gasteiger partial charge >= 0.3 is 0 Å². The molecule has 1 saturated heterocycles. The molecule has 2 rings (SSSR count). The number of halogens is 1. The van der Waals surface area contributed by atoms with Crippen molar-refractivity contribution < 1.29 is 9.18 Å². The minimum atomic E-state index is -0.272. The fourth-order valence-corrected chi connectivity index (χ4v) is 1.94. The van der Waals surface area contributed by atoms with Gasteiger partial charge in [0.05, 0.1) is 5.92 Å². The second-order valence-corrected chi connectivity index (χ2v) is 4.45. The Kier molecular flexibility index (Phi) is 4.10. The number of nitrogens with one attached hydrogen (secondary N) is 1. The highest BCUT2D eigenvalue weighted by Gasteiger charge is 2.29. The molecule has 0 atom stereocenters. The lowest BCUT2D eigenvalue weighted by molar-refractivity contribution is -0.137. The van der Waals surface area contributed by atoms with Gasteiger partial charge in [-0.25, -0.2) is 4.39 Å². The topological polar surface area (TPSA) is 32.3 Å². The second-order valence-electron chi connectivity index (χ2n) is 4.45. The van der Waals surface area contributed by atoms with E-state index in [0.717, 1.165) is 0 Å². The number of nitrogens with zero attached hydrogens (tertiary/aromatic N) is 1. The lowest BCUT2D eigenvalue weighted by Crippen LogP contribution is -2.51. The van der Waals surface area contributed by atoms with E-state index in [2.05, 4.69) is 11.9 Å². The Morgan fingerprint density at radius 2 is 2.22 bits per heavy atom. The summed E-state index contributed by atoms with van der Waals surface area (Å²) < 4.78 is 13.6. The molecule has 0 spiro atoms. The van der Waals surface area contributed by atoms with Crippen LogP contribution in [0.4, 0.5) is 4.39 Å². The molecule has 1 heterocycles. The van der Waals surface area contributed by atoms with E-state index in [0.29, 0.717) is 31.7 Å². The molecule has 1 N–H and O–H groups in total. The van der Waals surface area contributed by atoms with Crippen molar-refractivity contribution in [3.63, 3.8) is 0 Å². The van der Waals surface area contributed by atoms with Gasteiger partial charge in [0.1, 0.15) is 5.82 Å². The van der Waals surface area contributed by atoms with E-state index >= 15 is 0 Å². The number of amides is 1. The summed E-state index contributed by atoms with van der Waals surface area (Å²) in [5, 5.41) is 3.07. The van der Waals surface area contributed by atoms with Gasteiger partial charge in [-0.15, -0.1) is 6.58 Å². The number of hydrogen-bond donors (Lipinski definition) is 1. The first-order valence-electron chi connectivity index (χ1n) is 6.06. The third-order valence-corrected chi connectivity index (χ3v) is 3.11. The lowest BCUT2D eigenvalue weighted by atomic mass is 10.0. The van der Waals surface area contributed by atoms with Crippen molar-refractivity contribution in [1.82, 2.24) is 10.2 Å². The molecule has 1 aliphatic rings. The van der Waals surface area contributed by atoms with Crippen LogP contribution in [0.1, 0.15) is 5.56 Å². The predicted octanol–water partition coefficient (Wildman–Crippen LogP) is 1.56. The van der Waals surface area contributed by atoms with Crippen LogP contribution in [-0.4, -0.2) is 30.4 Å². The average molecular weight is 248 g/mol. The highest BCUT2D eigenvalue weighted by atomic mass is 19.1. The summed E-state index contributed by atoms with van der Waals surface area (Å²) in [4.78, 5) is 13.8. The van der Waals surface area contributed by atoms with E-state index in [1.54, 1.807) is 29.2 Å². The van der Waals surface area contributed by atoms with Gasteiger partial charge < -0.3 is 10.2 Å². The Morgan fingerprint density at radius 1 is 1.50 bits per heavy atom. The fraction of sp³-hybridized carbons (Fsp3) is 0.357. The van der Waals surface area contributed by atoms with Gasteiger partial charge in [0, 0.05) is 31.7 Å². The Hall–Kier alpha value is -1.68. The maximum Gasteiger partial charge on any atom is 0.228 e. The Morgan fingerprint density at radius 3 is 2.78 bits per heavy atom. The van der Waals surface area contributed by atoms with Gasteiger partial charge in [0.15, 0.2) is 0 Å². The van der Waals surface area contributed by atoms with Crippen molar-refractivity contribution in [3.8, 4) is 0 Å². The standard InChI is InChI=1S/C14H17FN2O/c1-2-7-17(14(18)12-8-16-9-12)10-11-5-3-4-6-13(11)15/h2-6,12,16H,1,7-10H2. The molecule has 0 saturated carbocycles. The van der Waals surface area contributed by atoms with Gasteiger partial charge in [0.2, 0.25) is 5.91 Å². The first kappa shape index (κ1) is 12.8. The van der Waals surface area contributed by atoms with Gasteiger partial charge in [0.25, 0.3) is 0 Å². The summed E-state index contributed by atoms with van der Waals surface area (Å²) >= 11 is 0. The SMILES string of the molecule is C=CCN(Cc1ccccc1F)C(=O)C1CNC1. The molecule has 0 aromatic heterocycles. The zero-order valence-electron chi connectivity index (χ0n) is 10.2. The minimum Gasteiger partial charge on any atom is -0.334 e. The van der Waals surface area contributed by atoms with E-state index in [4.69, 9.17) is 0 Å². The van der Waals surface area contributed by atoms with Crippen LogP contribution < -0.4 is 5.32 Å². The molecule has 1 amide bonds. The van der Waals surface area contributed by atoms with Crippen LogP contribution in [-0.2, 0) is 11.3 Å². The first-order chi connectivity index (χ1) is 8.72. The summed E-state index contributed by atoms with van der Waals surface area (Å²) in [7, 11) is 0. The Bertz CT molecular complexity index is 443. The maximum absolute atomic E-state index is 13.6. The summed E-state index contributed by atoms with van der Waals surface area (Å²) in [5.74, 6) is -0.181. The predicted molar refractivity (Wildman–Crippen MR) is 68.4 cm³/mol. The summed E-state index contributed by atoms with van der Waals surface area (Å²) in [6.07, 6.45) is 1.67. The third kappa shape index (κ3) is 2.76. The lowest BCUT2D eigenvalue weighted by Gasteiger charge is -2.32. The van der Waals surface area contributed by atoms with Gasteiger partial charge in [-0.05, 0) is 6.07 Å². The molecule has 1 aliphatic heterocycles. The minimum absolute atomic E-state index is 0.0247. The number of rotatable bonds is 5. The number of carbonyl (C=O) groups excluding carboxylic acids is 1. The van der Waals surface area contributed by atoms with Crippen LogP contribution in [0, 0.1) is 11.7 Å². The van der Waals surface area contributed by atoms with Crippen molar-refractivity contribution in [2.45, 2.75) is 6.54 Å². The molecule has 0 aliphatic carbocycles. The summed E-state index contributed by atoms with van der Waals surface area (Å²) in [6, 6.07) is 6.54. The largest absolute Gasteiger partial charge is 0.334 e. The smallest absolute Gasteiger partial charge is 0.228 e. The number of hydrogen-bond acceptors (Lipinski definition) is 2. The molecule has 1 fully saturated rings. The second kappa shape index (κ2) is 5.78. The van der Waals surface area contributed by atoms with Crippen molar-refractivity contribution in [3.05, 3.63) is 48.3 Å². The van der Waals surface area contributed by atoms with Crippen LogP contribution in [0.15, 0.2) is 36.9 Å². The van der Waals surface area contributed by atoms with Crippen LogP contribution in [0.3, 0.4) is 0 Å². The molecule has 4 heteroatoms. The molecule has 96 valence electrons. The zero-order valence-corrected chi connectivity index (χ0v) is 10.2. The molecular weight excluding hydrogens is 231 g/mol. The van der Waals surface area contributed by atoms with Crippen LogP contribution in [0.2, 0.25) is 0 Å². The normalized spacial score (nSPS) is 14.9. The van der Waals surface area contributed by atoms with E-state index in [-0.39, 0.29) is 17.6 Å². The third-order valence-electron chi connectivity index (χ3n) is 3.11.